The van der Waals surface area contributed by atoms with Gasteiger partial charge in [0.2, 0.25) is 5.82 Å². The van der Waals surface area contributed by atoms with Gasteiger partial charge in [0.15, 0.2) is 11.1 Å². The van der Waals surface area contributed by atoms with Crippen LogP contribution in [0.15, 0.2) is 6.07 Å². The van der Waals surface area contributed by atoms with Crippen molar-refractivity contribution >= 4 is 22.7 Å². The van der Waals surface area contributed by atoms with E-state index in [9.17, 15) is 41.3 Å². The van der Waals surface area contributed by atoms with E-state index in [1.54, 1.807) is 4.98 Å². The summed E-state index contributed by atoms with van der Waals surface area (Å²) in [6.07, 6.45) is -10.3. The normalized spacial score (nSPS) is 12.4. The van der Waals surface area contributed by atoms with Crippen LogP contribution in [-0.2, 0) is 17.1 Å². The molecule has 0 radical (unpaired) electrons. The van der Waals surface area contributed by atoms with Gasteiger partial charge in [-0.3, -0.25) is 10.1 Å². The van der Waals surface area contributed by atoms with E-state index in [4.69, 9.17) is 0 Å². The average molecular weight is 371 g/mol. The standard InChI is InChI=1S/C12H7F6N3O4/c1-2-25-9(22)6-4(11(13,14)15)3-5-7(8(6)21(23)24)20-10(19-5)12(16,17)18/h3H,2H2,1H3,(H,19,20). The monoisotopic (exact) mass is 371 g/mol. The Morgan fingerprint density at radius 2 is 1.88 bits per heavy atom. The Labute approximate surface area is 133 Å². The largest absolute Gasteiger partial charge is 0.462 e. The molecule has 2 aromatic rings. The van der Waals surface area contributed by atoms with Crippen LogP contribution in [0, 0.1) is 10.1 Å². The average Bonchev–Trinajstić information content (AvgIpc) is 2.87. The van der Waals surface area contributed by atoms with Crippen LogP contribution in [0.4, 0.5) is 32.0 Å². The highest BCUT2D eigenvalue weighted by molar-refractivity contribution is 6.03. The van der Waals surface area contributed by atoms with Gasteiger partial charge in [-0.05, 0) is 13.0 Å². The van der Waals surface area contributed by atoms with E-state index in [-0.39, 0.29) is 6.07 Å². The van der Waals surface area contributed by atoms with Crippen molar-refractivity contribution in [1.29, 1.82) is 0 Å². The van der Waals surface area contributed by atoms with E-state index in [2.05, 4.69) is 9.72 Å². The predicted molar refractivity (Wildman–Crippen MR) is 68.7 cm³/mol. The molecule has 0 bridgehead atoms. The van der Waals surface area contributed by atoms with Crippen LogP contribution in [0.2, 0.25) is 0 Å². The molecule has 1 aromatic carbocycles. The zero-order valence-electron chi connectivity index (χ0n) is 12.1. The molecule has 25 heavy (non-hydrogen) atoms. The van der Waals surface area contributed by atoms with Crippen molar-refractivity contribution in [2.45, 2.75) is 19.3 Å². The number of esters is 1. The van der Waals surface area contributed by atoms with Crippen LogP contribution in [0.25, 0.3) is 11.0 Å². The fourth-order valence-corrected chi connectivity index (χ4v) is 2.08. The number of imidazole rings is 1. The van der Waals surface area contributed by atoms with Crippen molar-refractivity contribution in [2.75, 3.05) is 6.61 Å². The van der Waals surface area contributed by atoms with Crippen molar-refractivity contribution in [3.63, 3.8) is 0 Å². The van der Waals surface area contributed by atoms with Gasteiger partial charge in [-0.1, -0.05) is 0 Å². The number of fused-ring (bicyclic) bond motifs is 1. The third-order valence-corrected chi connectivity index (χ3v) is 2.99. The van der Waals surface area contributed by atoms with E-state index in [0.717, 1.165) is 0 Å². The molecule has 0 saturated carbocycles. The summed E-state index contributed by atoms with van der Waals surface area (Å²) in [6, 6.07) is 0.150. The van der Waals surface area contributed by atoms with E-state index in [0.29, 0.717) is 0 Å². The number of rotatable bonds is 3. The first-order valence-electron chi connectivity index (χ1n) is 6.40. The van der Waals surface area contributed by atoms with Gasteiger partial charge in [-0.25, -0.2) is 9.78 Å². The molecule has 0 fully saturated rings. The van der Waals surface area contributed by atoms with Gasteiger partial charge in [0.05, 0.1) is 22.6 Å². The summed E-state index contributed by atoms with van der Waals surface area (Å²) in [7, 11) is 0. The second kappa shape index (κ2) is 5.89. The number of carbonyl (C=O) groups is 1. The maximum absolute atomic E-state index is 13.2. The molecule has 1 N–H and O–H groups in total. The summed E-state index contributed by atoms with van der Waals surface area (Å²) in [6.45, 7) is 0.839. The van der Waals surface area contributed by atoms with Crippen LogP contribution in [0.5, 0.6) is 0 Å². The Bertz CT molecular complexity index is 855. The van der Waals surface area contributed by atoms with Gasteiger partial charge >= 0.3 is 24.0 Å². The zero-order chi connectivity index (χ0) is 19.2. The molecular formula is C12H7F6N3O4. The molecule has 136 valence electrons. The summed E-state index contributed by atoms with van der Waals surface area (Å²) in [5, 5.41) is 11.2. The number of hydrogen-bond donors (Lipinski definition) is 1. The van der Waals surface area contributed by atoms with Crippen molar-refractivity contribution in [1.82, 2.24) is 9.97 Å². The SMILES string of the molecule is CCOC(=O)c1c(C(F)(F)F)cc2[nH]c(C(F)(F)F)nc2c1[N+](=O)[O-]. The Balaban J connectivity index is 2.96. The number of aromatic nitrogens is 2. The summed E-state index contributed by atoms with van der Waals surface area (Å²) >= 11 is 0. The molecule has 0 atom stereocenters. The number of nitrogens with one attached hydrogen (secondary N) is 1. The Kier molecular flexibility index (Phi) is 4.36. The minimum atomic E-state index is -5.26. The molecule has 0 amide bonds. The number of nitro benzene ring substituents is 1. The van der Waals surface area contributed by atoms with Crippen molar-refractivity contribution < 1.29 is 40.8 Å². The molecular weight excluding hydrogens is 364 g/mol. The van der Waals surface area contributed by atoms with Crippen LogP contribution in [0.3, 0.4) is 0 Å². The topological polar surface area (TPSA) is 98.1 Å². The Morgan fingerprint density at radius 3 is 2.32 bits per heavy atom. The molecule has 0 aliphatic rings. The number of halogens is 6. The molecule has 0 spiro atoms. The molecule has 2 rings (SSSR count). The Hall–Kier alpha value is -2.86. The first-order valence-corrected chi connectivity index (χ1v) is 6.40. The van der Waals surface area contributed by atoms with E-state index in [1.807, 2.05) is 0 Å². The van der Waals surface area contributed by atoms with E-state index < -0.39 is 63.5 Å². The molecule has 0 unspecified atom stereocenters. The van der Waals surface area contributed by atoms with Gasteiger partial charge in [0, 0.05) is 0 Å². The minimum Gasteiger partial charge on any atom is -0.462 e. The second-order valence-electron chi connectivity index (χ2n) is 4.60. The third-order valence-electron chi connectivity index (χ3n) is 2.99. The van der Waals surface area contributed by atoms with Gasteiger partial charge in [-0.2, -0.15) is 26.3 Å². The maximum Gasteiger partial charge on any atom is 0.449 e. The lowest BCUT2D eigenvalue weighted by atomic mass is 10.0. The van der Waals surface area contributed by atoms with Gasteiger partial charge < -0.3 is 9.72 Å². The Morgan fingerprint density at radius 1 is 1.28 bits per heavy atom. The number of nitrogens with zero attached hydrogens (tertiary/aromatic N) is 2. The lowest BCUT2D eigenvalue weighted by molar-refractivity contribution is -0.383. The smallest absolute Gasteiger partial charge is 0.449 e. The van der Waals surface area contributed by atoms with Crippen molar-refractivity contribution in [3.8, 4) is 0 Å². The number of hydrogen-bond acceptors (Lipinski definition) is 5. The fraction of sp³-hybridized carbons (Fsp3) is 0.333. The summed E-state index contributed by atoms with van der Waals surface area (Å²) < 4.78 is 82.0. The number of carbonyl (C=O) groups excluding carboxylic acids is 1. The number of alkyl halides is 6. The fourth-order valence-electron chi connectivity index (χ4n) is 2.08. The third kappa shape index (κ3) is 3.34. The van der Waals surface area contributed by atoms with Crippen LogP contribution < -0.4 is 0 Å². The molecule has 7 nitrogen and oxygen atoms in total. The second-order valence-corrected chi connectivity index (χ2v) is 4.60. The number of benzene rings is 1. The van der Waals surface area contributed by atoms with E-state index >= 15 is 0 Å². The van der Waals surface area contributed by atoms with Gasteiger partial charge in [-0.15, -0.1) is 0 Å². The first kappa shape index (κ1) is 18.5. The quantitative estimate of drug-likeness (QED) is 0.384. The first-order chi connectivity index (χ1) is 11.4. The van der Waals surface area contributed by atoms with Crippen LogP contribution in [0.1, 0.15) is 28.7 Å². The molecule has 13 heteroatoms. The van der Waals surface area contributed by atoms with Crippen LogP contribution in [-0.4, -0.2) is 27.5 Å². The summed E-state index contributed by atoms with van der Waals surface area (Å²) in [5.41, 5.74) is -6.75. The number of aromatic amines is 1. The van der Waals surface area contributed by atoms with Crippen molar-refractivity contribution in [2.24, 2.45) is 0 Å². The highest BCUT2D eigenvalue weighted by atomic mass is 19.4. The predicted octanol–water partition coefficient (Wildman–Crippen LogP) is 3.69. The van der Waals surface area contributed by atoms with E-state index in [1.165, 1.54) is 6.92 Å². The number of ether oxygens (including phenoxy) is 1. The number of nitro groups is 1. The molecule has 0 aliphatic heterocycles. The molecule has 0 saturated heterocycles. The molecule has 0 aliphatic carbocycles. The minimum absolute atomic E-state index is 0.150. The lowest BCUT2D eigenvalue weighted by Gasteiger charge is -2.12. The maximum atomic E-state index is 13.2. The highest BCUT2D eigenvalue weighted by Crippen LogP contribution is 2.41. The van der Waals surface area contributed by atoms with Gasteiger partial charge in [0.25, 0.3) is 0 Å². The van der Waals surface area contributed by atoms with Crippen LogP contribution >= 0.6 is 0 Å². The lowest BCUT2D eigenvalue weighted by Crippen LogP contribution is -2.17. The number of H-pyrrole nitrogens is 1. The van der Waals surface area contributed by atoms with Crippen molar-refractivity contribution in [3.05, 3.63) is 33.1 Å². The summed E-state index contributed by atoms with van der Waals surface area (Å²) in [4.78, 5) is 26.0. The molecule has 1 aromatic heterocycles. The summed E-state index contributed by atoms with van der Waals surface area (Å²) in [5.74, 6) is -3.43. The van der Waals surface area contributed by atoms with Gasteiger partial charge in [0.1, 0.15) is 0 Å². The molecule has 1 heterocycles. The highest BCUT2D eigenvalue weighted by Gasteiger charge is 2.44. The zero-order valence-corrected chi connectivity index (χ0v) is 12.1.